The molecule has 0 spiro atoms. The summed E-state index contributed by atoms with van der Waals surface area (Å²) in [5.41, 5.74) is 0.104. The summed E-state index contributed by atoms with van der Waals surface area (Å²) >= 11 is 0. The second-order valence-corrected chi connectivity index (χ2v) is 8.98. The minimum Gasteiger partial charge on any atom is -0.378 e. The third-order valence-electron chi connectivity index (χ3n) is 6.56. The fourth-order valence-corrected chi connectivity index (χ4v) is 4.08. The smallest absolute Gasteiger partial charge is 0.192 e. The standard InChI is InChI=1S/C21H38N6O/c1-6-7-12-28-18-13-17(21(18,3)4)24-20(23-16-10-8-9-11-16)22-14-19-26-25-15(2)27(19)5/h16-18H,6-14H2,1-5H3,(H2,22,23,24). The molecule has 1 heterocycles. The Bertz CT molecular complexity index is 662. The molecule has 1 aromatic rings. The first-order valence-corrected chi connectivity index (χ1v) is 11.0. The summed E-state index contributed by atoms with van der Waals surface area (Å²) in [6.45, 7) is 10.2. The van der Waals surface area contributed by atoms with E-state index in [-0.39, 0.29) is 5.41 Å². The highest BCUT2D eigenvalue weighted by Gasteiger charge is 2.49. The molecule has 0 bridgehead atoms. The predicted molar refractivity (Wildman–Crippen MR) is 112 cm³/mol. The number of rotatable bonds is 8. The molecule has 2 saturated carbocycles. The normalized spacial score (nSPS) is 25.0. The van der Waals surface area contributed by atoms with Crippen LogP contribution in [0.4, 0.5) is 0 Å². The maximum Gasteiger partial charge on any atom is 0.192 e. The molecule has 0 saturated heterocycles. The lowest BCUT2D eigenvalue weighted by molar-refractivity contribution is -0.113. The SMILES string of the molecule is CCCCOC1CC(NC(=NCc2nnc(C)n2C)NC2CCCC2)C1(C)C. The molecule has 0 aliphatic heterocycles. The fourth-order valence-electron chi connectivity index (χ4n) is 4.08. The average molecular weight is 391 g/mol. The van der Waals surface area contributed by atoms with Gasteiger partial charge in [-0.1, -0.05) is 40.0 Å². The second kappa shape index (κ2) is 9.25. The van der Waals surface area contributed by atoms with Gasteiger partial charge in [-0.2, -0.15) is 0 Å². The molecular weight excluding hydrogens is 352 g/mol. The summed E-state index contributed by atoms with van der Waals surface area (Å²) in [4.78, 5) is 4.85. The number of hydrogen-bond donors (Lipinski definition) is 2. The Morgan fingerprint density at radius 1 is 1.25 bits per heavy atom. The number of ether oxygens (including phenoxy) is 1. The Labute approximate surface area is 169 Å². The van der Waals surface area contributed by atoms with E-state index in [0.717, 1.165) is 37.1 Å². The summed E-state index contributed by atoms with van der Waals surface area (Å²) in [6.07, 6.45) is 8.72. The quantitative estimate of drug-likeness (QED) is 0.405. The summed E-state index contributed by atoms with van der Waals surface area (Å²) < 4.78 is 8.11. The number of nitrogens with one attached hydrogen (secondary N) is 2. The monoisotopic (exact) mass is 390 g/mol. The fraction of sp³-hybridized carbons (Fsp3) is 0.857. The zero-order valence-corrected chi connectivity index (χ0v) is 18.3. The zero-order chi connectivity index (χ0) is 20.1. The lowest BCUT2D eigenvalue weighted by Crippen LogP contribution is -2.64. The summed E-state index contributed by atoms with van der Waals surface area (Å²) in [5.74, 6) is 2.70. The summed E-state index contributed by atoms with van der Waals surface area (Å²) in [7, 11) is 1.99. The van der Waals surface area contributed by atoms with Crippen molar-refractivity contribution in [1.29, 1.82) is 0 Å². The molecule has 3 rings (SSSR count). The lowest BCUT2D eigenvalue weighted by atomic mass is 9.64. The largest absolute Gasteiger partial charge is 0.378 e. The third kappa shape index (κ3) is 4.85. The lowest BCUT2D eigenvalue weighted by Gasteiger charge is -2.52. The molecule has 2 unspecified atom stereocenters. The number of guanidine groups is 1. The topological polar surface area (TPSA) is 76.4 Å². The zero-order valence-electron chi connectivity index (χ0n) is 18.3. The molecule has 2 N–H and O–H groups in total. The minimum atomic E-state index is 0.104. The highest BCUT2D eigenvalue weighted by Crippen LogP contribution is 2.42. The summed E-state index contributed by atoms with van der Waals surface area (Å²) in [5, 5.41) is 15.7. The van der Waals surface area contributed by atoms with Gasteiger partial charge >= 0.3 is 0 Å². The van der Waals surface area contributed by atoms with Crippen molar-refractivity contribution in [1.82, 2.24) is 25.4 Å². The van der Waals surface area contributed by atoms with Crippen LogP contribution in [0.15, 0.2) is 4.99 Å². The van der Waals surface area contributed by atoms with Gasteiger partial charge in [0.05, 0.1) is 6.10 Å². The number of nitrogens with zero attached hydrogens (tertiary/aromatic N) is 4. The van der Waals surface area contributed by atoms with Crippen molar-refractivity contribution < 1.29 is 4.74 Å². The van der Waals surface area contributed by atoms with E-state index < -0.39 is 0 Å². The van der Waals surface area contributed by atoms with Crippen LogP contribution in [0.5, 0.6) is 0 Å². The average Bonchev–Trinajstić information content (AvgIpc) is 3.29. The van der Waals surface area contributed by atoms with Crippen molar-refractivity contribution in [2.45, 2.75) is 97.4 Å². The molecule has 0 radical (unpaired) electrons. The van der Waals surface area contributed by atoms with E-state index in [1.54, 1.807) is 0 Å². The Morgan fingerprint density at radius 2 is 2.00 bits per heavy atom. The number of aryl methyl sites for hydroxylation is 1. The second-order valence-electron chi connectivity index (χ2n) is 8.98. The van der Waals surface area contributed by atoms with Crippen molar-refractivity contribution in [2.75, 3.05) is 6.61 Å². The Morgan fingerprint density at radius 3 is 2.61 bits per heavy atom. The van der Waals surface area contributed by atoms with Crippen LogP contribution in [-0.2, 0) is 18.3 Å². The van der Waals surface area contributed by atoms with Gasteiger partial charge in [0, 0.05) is 31.2 Å². The highest BCUT2D eigenvalue weighted by molar-refractivity contribution is 5.80. The van der Waals surface area contributed by atoms with Crippen LogP contribution >= 0.6 is 0 Å². The molecule has 7 nitrogen and oxygen atoms in total. The van der Waals surface area contributed by atoms with Crippen LogP contribution in [-0.4, -0.2) is 45.5 Å². The van der Waals surface area contributed by atoms with E-state index in [9.17, 15) is 0 Å². The van der Waals surface area contributed by atoms with Gasteiger partial charge in [0.15, 0.2) is 11.8 Å². The van der Waals surface area contributed by atoms with E-state index in [4.69, 9.17) is 9.73 Å². The van der Waals surface area contributed by atoms with E-state index in [1.165, 1.54) is 32.1 Å². The minimum absolute atomic E-state index is 0.104. The van der Waals surface area contributed by atoms with Gasteiger partial charge in [0.2, 0.25) is 0 Å². The number of hydrogen-bond acceptors (Lipinski definition) is 4. The molecule has 7 heteroatoms. The van der Waals surface area contributed by atoms with Gasteiger partial charge in [-0.3, -0.25) is 0 Å². The predicted octanol–water partition coefficient (Wildman–Crippen LogP) is 3.09. The highest BCUT2D eigenvalue weighted by atomic mass is 16.5. The van der Waals surface area contributed by atoms with Gasteiger partial charge in [-0.05, 0) is 32.6 Å². The molecule has 0 amide bonds. The molecule has 2 fully saturated rings. The van der Waals surface area contributed by atoms with Gasteiger partial charge in [-0.25, -0.2) is 4.99 Å². The third-order valence-corrected chi connectivity index (χ3v) is 6.56. The van der Waals surface area contributed by atoms with E-state index in [1.807, 2.05) is 18.5 Å². The Hall–Kier alpha value is -1.63. The summed E-state index contributed by atoms with van der Waals surface area (Å²) in [6, 6.07) is 0.889. The van der Waals surface area contributed by atoms with Gasteiger partial charge in [0.25, 0.3) is 0 Å². The number of unbranched alkanes of at least 4 members (excludes halogenated alkanes) is 1. The van der Waals surface area contributed by atoms with E-state index >= 15 is 0 Å². The Kier molecular flexibility index (Phi) is 6.96. The van der Waals surface area contributed by atoms with E-state index in [2.05, 4.69) is 41.6 Å². The van der Waals surface area contributed by atoms with Crippen molar-refractivity contribution in [3.05, 3.63) is 11.6 Å². The number of aliphatic imine (C=N–C) groups is 1. The van der Waals surface area contributed by atoms with Crippen LogP contribution in [0.3, 0.4) is 0 Å². The van der Waals surface area contributed by atoms with Crippen LogP contribution in [0.25, 0.3) is 0 Å². The van der Waals surface area contributed by atoms with Crippen LogP contribution in [0.1, 0.15) is 77.4 Å². The Balaban J connectivity index is 1.62. The van der Waals surface area contributed by atoms with Crippen molar-refractivity contribution in [3.63, 3.8) is 0 Å². The van der Waals surface area contributed by atoms with Crippen LogP contribution in [0.2, 0.25) is 0 Å². The van der Waals surface area contributed by atoms with Crippen molar-refractivity contribution in [3.8, 4) is 0 Å². The molecule has 2 atom stereocenters. The first kappa shape index (κ1) is 21.1. The first-order valence-electron chi connectivity index (χ1n) is 11.0. The van der Waals surface area contributed by atoms with E-state index in [0.29, 0.717) is 24.7 Å². The van der Waals surface area contributed by atoms with Crippen LogP contribution < -0.4 is 10.6 Å². The molecule has 28 heavy (non-hydrogen) atoms. The van der Waals surface area contributed by atoms with Gasteiger partial charge < -0.3 is 19.9 Å². The molecule has 0 aromatic carbocycles. The van der Waals surface area contributed by atoms with Gasteiger partial charge in [-0.15, -0.1) is 10.2 Å². The molecule has 2 aliphatic carbocycles. The molecule has 1 aromatic heterocycles. The van der Waals surface area contributed by atoms with Crippen LogP contribution in [0, 0.1) is 12.3 Å². The first-order chi connectivity index (χ1) is 13.4. The molecule has 158 valence electrons. The maximum atomic E-state index is 6.10. The molecule has 2 aliphatic rings. The molecular formula is C21H38N6O. The maximum absolute atomic E-state index is 6.10. The van der Waals surface area contributed by atoms with Crippen molar-refractivity contribution in [2.24, 2.45) is 17.5 Å². The van der Waals surface area contributed by atoms with Crippen molar-refractivity contribution >= 4 is 5.96 Å². The van der Waals surface area contributed by atoms with Gasteiger partial charge in [0.1, 0.15) is 12.4 Å². The number of aromatic nitrogens is 3.